The lowest BCUT2D eigenvalue weighted by Crippen LogP contribution is -2.50. The van der Waals surface area contributed by atoms with Gasteiger partial charge in [-0.05, 0) is 25.1 Å². The van der Waals surface area contributed by atoms with Crippen molar-refractivity contribution in [1.29, 1.82) is 0 Å². The van der Waals surface area contributed by atoms with E-state index < -0.39 is 0 Å². The summed E-state index contributed by atoms with van der Waals surface area (Å²) in [5.41, 5.74) is 1.15. The van der Waals surface area contributed by atoms with E-state index in [9.17, 15) is 0 Å². The van der Waals surface area contributed by atoms with Gasteiger partial charge in [-0.2, -0.15) is 0 Å². The Morgan fingerprint density at radius 2 is 1.72 bits per heavy atom. The van der Waals surface area contributed by atoms with Gasteiger partial charge >= 0.3 is 0 Å². The highest BCUT2D eigenvalue weighted by Gasteiger charge is 2.30. The van der Waals surface area contributed by atoms with E-state index >= 15 is 0 Å². The van der Waals surface area contributed by atoms with Gasteiger partial charge in [0.05, 0.1) is 6.54 Å². The predicted octanol–water partition coefficient (Wildman–Crippen LogP) is 3.16. The van der Waals surface area contributed by atoms with Crippen LogP contribution in [0.25, 0.3) is 11.3 Å². The second-order valence-corrected chi connectivity index (χ2v) is 7.28. The Hall–Kier alpha value is -1.62. The van der Waals surface area contributed by atoms with E-state index in [4.69, 9.17) is 4.42 Å². The Bertz CT molecular complexity index is 661. The smallest absolute Gasteiger partial charge is 0.134 e. The number of likely N-dealkylation sites (tertiary alicyclic amines) is 1. The standard InChI is InChI=1S/C21H29N3O/c1-2-22-12-14-24(15-13-22)19-10-11-23(16-19)17-20-8-9-21(25-20)18-6-4-3-5-7-18/h3-9,19H,2,10-17H2,1H3/t19-/m1/s1. The number of rotatable bonds is 5. The molecule has 4 rings (SSSR count). The molecule has 0 unspecified atom stereocenters. The SMILES string of the molecule is CCN1CCN([C@@H]2CCN(Cc3ccc(-c4ccccc4)o3)C2)CC1. The summed E-state index contributed by atoms with van der Waals surface area (Å²) in [5.74, 6) is 2.05. The highest BCUT2D eigenvalue weighted by molar-refractivity contribution is 5.57. The molecule has 4 heteroatoms. The van der Waals surface area contributed by atoms with E-state index in [-0.39, 0.29) is 0 Å². The maximum Gasteiger partial charge on any atom is 0.134 e. The molecule has 0 bridgehead atoms. The first-order valence-electron chi connectivity index (χ1n) is 9.64. The van der Waals surface area contributed by atoms with Gasteiger partial charge in [0.15, 0.2) is 0 Å². The topological polar surface area (TPSA) is 22.9 Å². The van der Waals surface area contributed by atoms with Crippen molar-refractivity contribution in [2.45, 2.75) is 25.9 Å². The molecule has 0 spiro atoms. The molecule has 0 saturated carbocycles. The van der Waals surface area contributed by atoms with Crippen molar-refractivity contribution in [2.75, 3.05) is 45.8 Å². The number of piperazine rings is 1. The number of benzene rings is 1. The zero-order valence-electron chi connectivity index (χ0n) is 15.2. The molecule has 25 heavy (non-hydrogen) atoms. The molecule has 1 atom stereocenters. The third kappa shape index (κ3) is 3.97. The molecule has 3 heterocycles. The third-order valence-corrected chi connectivity index (χ3v) is 5.72. The molecule has 2 fully saturated rings. The van der Waals surface area contributed by atoms with E-state index in [1.165, 1.54) is 52.2 Å². The lowest BCUT2D eigenvalue weighted by atomic mass is 10.2. The number of furan rings is 1. The van der Waals surface area contributed by atoms with Gasteiger partial charge in [-0.1, -0.05) is 37.3 Å². The van der Waals surface area contributed by atoms with Gasteiger partial charge in [-0.15, -0.1) is 0 Å². The summed E-state index contributed by atoms with van der Waals surface area (Å²) in [4.78, 5) is 7.80. The summed E-state index contributed by atoms with van der Waals surface area (Å²) >= 11 is 0. The van der Waals surface area contributed by atoms with E-state index in [2.05, 4.69) is 58.0 Å². The van der Waals surface area contributed by atoms with Crippen molar-refractivity contribution >= 4 is 0 Å². The highest BCUT2D eigenvalue weighted by Crippen LogP contribution is 2.24. The summed E-state index contributed by atoms with van der Waals surface area (Å²) in [7, 11) is 0. The fourth-order valence-electron chi connectivity index (χ4n) is 4.14. The van der Waals surface area contributed by atoms with Crippen molar-refractivity contribution in [1.82, 2.24) is 14.7 Å². The van der Waals surface area contributed by atoms with Crippen molar-refractivity contribution in [2.24, 2.45) is 0 Å². The third-order valence-electron chi connectivity index (χ3n) is 5.72. The van der Waals surface area contributed by atoms with Crippen LogP contribution in [0.2, 0.25) is 0 Å². The molecule has 2 aliphatic rings. The molecule has 0 amide bonds. The summed E-state index contributed by atoms with van der Waals surface area (Å²) < 4.78 is 6.08. The Morgan fingerprint density at radius 3 is 2.48 bits per heavy atom. The number of hydrogen-bond donors (Lipinski definition) is 0. The largest absolute Gasteiger partial charge is 0.460 e. The minimum atomic E-state index is 0.725. The van der Waals surface area contributed by atoms with Gasteiger partial charge < -0.3 is 9.32 Å². The Balaban J connectivity index is 1.31. The second-order valence-electron chi connectivity index (χ2n) is 7.28. The summed E-state index contributed by atoms with van der Waals surface area (Å²) in [6.07, 6.45) is 1.29. The van der Waals surface area contributed by atoms with Gasteiger partial charge in [0.25, 0.3) is 0 Å². The number of hydrogen-bond acceptors (Lipinski definition) is 4. The average Bonchev–Trinajstić information content (AvgIpc) is 3.33. The zero-order valence-corrected chi connectivity index (χ0v) is 15.2. The molecule has 1 aromatic heterocycles. The molecule has 4 nitrogen and oxygen atoms in total. The Labute approximate surface area is 151 Å². The molecule has 2 aromatic rings. The van der Waals surface area contributed by atoms with Crippen LogP contribution in [-0.2, 0) is 6.54 Å². The molecular weight excluding hydrogens is 310 g/mol. The van der Waals surface area contributed by atoms with Crippen LogP contribution in [0.4, 0.5) is 0 Å². The van der Waals surface area contributed by atoms with Crippen molar-refractivity contribution in [3.63, 3.8) is 0 Å². The van der Waals surface area contributed by atoms with Gasteiger partial charge in [-0.25, -0.2) is 0 Å². The van der Waals surface area contributed by atoms with Gasteiger partial charge in [-0.3, -0.25) is 9.80 Å². The molecule has 2 aliphatic heterocycles. The first-order valence-corrected chi connectivity index (χ1v) is 9.64. The van der Waals surface area contributed by atoms with Crippen molar-refractivity contribution < 1.29 is 4.42 Å². The lowest BCUT2D eigenvalue weighted by molar-refractivity contribution is 0.100. The zero-order chi connectivity index (χ0) is 17.1. The quantitative estimate of drug-likeness (QED) is 0.835. The van der Waals surface area contributed by atoms with E-state index in [1.54, 1.807) is 0 Å². The fraction of sp³-hybridized carbons (Fsp3) is 0.524. The summed E-state index contributed by atoms with van der Waals surface area (Å²) in [6.45, 7) is 11.6. The van der Waals surface area contributed by atoms with Crippen molar-refractivity contribution in [3.05, 3.63) is 48.2 Å². The highest BCUT2D eigenvalue weighted by atomic mass is 16.3. The van der Waals surface area contributed by atoms with Crippen molar-refractivity contribution in [3.8, 4) is 11.3 Å². The summed E-state index contributed by atoms with van der Waals surface area (Å²) in [5, 5.41) is 0. The van der Waals surface area contributed by atoms with Crippen LogP contribution in [0.1, 0.15) is 19.1 Å². The average molecular weight is 339 g/mol. The minimum absolute atomic E-state index is 0.725. The number of likely N-dealkylation sites (N-methyl/N-ethyl adjacent to an activating group) is 1. The Morgan fingerprint density at radius 1 is 0.920 bits per heavy atom. The second kappa shape index (κ2) is 7.73. The number of nitrogens with zero attached hydrogens (tertiary/aromatic N) is 3. The maximum absolute atomic E-state index is 6.08. The van der Waals surface area contributed by atoms with Crippen LogP contribution in [0.15, 0.2) is 46.9 Å². The predicted molar refractivity (Wildman–Crippen MR) is 102 cm³/mol. The molecule has 0 radical (unpaired) electrons. The van der Waals surface area contributed by atoms with Crippen LogP contribution in [-0.4, -0.2) is 66.6 Å². The molecular formula is C21H29N3O. The monoisotopic (exact) mass is 339 g/mol. The van der Waals surface area contributed by atoms with Crippen LogP contribution in [0.3, 0.4) is 0 Å². The fourth-order valence-corrected chi connectivity index (χ4v) is 4.14. The molecule has 0 aliphatic carbocycles. The van der Waals surface area contributed by atoms with E-state index in [1.807, 2.05) is 6.07 Å². The first-order chi connectivity index (χ1) is 12.3. The maximum atomic E-state index is 6.08. The normalized spacial score (nSPS) is 23.3. The van der Waals surface area contributed by atoms with Gasteiger partial charge in [0.1, 0.15) is 11.5 Å². The van der Waals surface area contributed by atoms with Gasteiger partial charge in [0, 0.05) is 50.9 Å². The molecule has 2 saturated heterocycles. The molecule has 134 valence electrons. The van der Waals surface area contributed by atoms with Crippen LogP contribution in [0, 0.1) is 0 Å². The van der Waals surface area contributed by atoms with Crippen LogP contribution >= 0.6 is 0 Å². The van der Waals surface area contributed by atoms with Gasteiger partial charge in [0.2, 0.25) is 0 Å². The molecule has 0 N–H and O–H groups in total. The van der Waals surface area contributed by atoms with E-state index in [0.29, 0.717) is 0 Å². The van der Waals surface area contributed by atoms with E-state index in [0.717, 1.165) is 29.7 Å². The Kier molecular flexibility index (Phi) is 5.20. The minimum Gasteiger partial charge on any atom is -0.460 e. The summed E-state index contributed by atoms with van der Waals surface area (Å²) in [6, 6.07) is 15.3. The first kappa shape index (κ1) is 16.8. The van der Waals surface area contributed by atoms with Crippen LogP contribution < -0.4 is 0 Å². The van der Waals surface area contributed by atoms with Crippen LogP contribution in [0.5, 0.6) is 0 Å². The molecule has 1 aromatic carbocycles. The lowest BCUT2D eigenvalue weighted by Gasteiger charge is -2.37.